The fourth-order valence-corrected chi connectivity index (χ4v) is 4.98. The van der Waals surface area contributed by atoms with Gasteiger partial charge < -0.3 is 10.8 Å². The van der Waals surface area contributed by atoms with E-state index in [1.54, 1.807) is 18.2 Å². The van der Waals surface area contributed by atoms with Crippen LogP contribution in [-0.2, 0) is 5.60 Å². The largest absolute Gasteiger partial charge is 0.384 e. The van der Waals surface area contributed by atoms with Crippen molar-refractivity contribution in [3.05, 3.63) is 35.6 Å². The molecule has 2 aliphatic carbocycles. The molecule has 3 rings (SSSR count). The lowest BCUT2D eigenvalue weighted by molar-refractivity contribution is -0.121. The Morgan fingerprint density at radius 3 is 2.65 bits per heavy atom. The Morgan fingerprint density at radius 1 is 1.40 bits per heavy atom. The average molecular weight is 277 g/mol. The summed E-state index contributed by atoms with van der Waals surface area (Å²) in [4.78, 5) is 0. The number of aliphatic hydroxyl groups is 1. The molecule has 1 aromatic rings. The van der Waals surface area contributed by atoms with Crippen molar-refractivity contribution in [2.45, 2.75) is 44.6 Å². The number of benzene rings is 1. The van der Waals surface area contributed by atoms with Crippen LogP contribution in [0.4, 0.5) is 4.39 Å². The third-order valence-corrected chi connectivity index (χ3v) is 5.99. The first-order valence-electron chi connectivity index (χ1n) is 7.75. The lowest BCUT2D eigenvalue weighted by Crippen LogP contribution is -2.53. The van der Waals surface area contributed by atoms with Gasteiger partial charge in [-0.2, -0.15) is 0 Å². The molecule has 4 atom stereocenters. The van der Waals surface area contributed by atoms with Crippen LogP contribution in [0.25, 0.3) is 0 Å². The van der Waals surface area contributed by atoms with E-state index >= 15 is 0 Å². The number of nitrogens with two attached hydrogens (primary N) is 1. The molecule has 0 amide bonds. The van der Waals surface area contributed by atoms with Gasteiger partial charge in [-0.3, -0.25) is 0 Å². The van der Waals surface area contributed by atoms with Crippen LogP contribution < -0.4 is 5.73 Å². The molecule has 2 saturated carbocycles. The fourth-order valence-electron chi connectivity index (χ4n) is 4.98. The quantitative estimate of drug-likeness (QED) is 0.888. The highest BCUT2D eigenvalue weighted by Gasteiger charge is 2.61. The molecule has 2 fully saturated rings. The third kappa shape index (κ3) is 1.69. The van der Waals surface area contributed by atoms with Gasteiger partial charge in [-0.1, -0.05) is 31.5 Å². The highest BCUT2D eigenvalue weighted by Crippen LogP contribution is 2.63. The molecule has 0 spiro atoms. The number of hydrogen-bond donors (Lipinski definition) is 2. The third-order valence-electron chi connectivity index (χ3n) is 5.99. The maximum atomic E-state index is 14.3. The molecule has 0 radical (unpaired) electrons. The Hall–Kier alpha value is -0.930. The molecule has 0 saturated heterocycles. The van der Waals surface area contributed by atoms with Crippen LogP contribution in [0.2, 0.25) is 0 Å². The van der Waals surface area contributed by atoms with E-state index in [9.17, 15) is 9.50 Å². The van der Waals surface area contributed by atoms with Gasteiger partial charge in [-0.15, -0.1) is 0 Å². The predicted molar refractivity (Wildman–Crippen MR) is 77.5 cm³/mol. The summed E-state index contributed by atoms with van der Waals surface area (Å²) in [5.74, 6) is 0.780. The van der Waals surface area contributed by atoms with Gasteiger partial charge >= 0.3 is 0 Å². The van der Waals surface area contributed by atoms with Crippen molar-refractivity contribution >= 4 is 0 Å². The van der Waals surface area contributed by atoms with E-state index in [4.69, 9.17) is 5.73 Å². The van der Waals surface area contributed by atoms with Crippen LogP contribution in [0.5, 0.6) is 0 Å². The molecule has 20 heavy (non-hydrogen) atoms. The molecule has 1 aromatic carbocycles. The minimum atomic E-state index is -1.15. The van der Waals surface area contributed by atoms with Crippen molar-refractivity contribution in [2.75, 3.05) is 6.54 Å². The van der Waals surface area contributed by atoms with Gasteiger partial charge in [0.25, 0.3) is 0 Å². The molecule has 2 bridgehead atoms. The molecular formula is C17H24FNO. The molecule has 110 valence electrons. The Labute approximate surface area is 120 Å². The Bertz CT molecular complexity index is 506. The first-order valence-corrected chi connectivity index (χ1v) is 7.75. The summed E-state index contributed by atoms with van der Waals surface area (Å²) in [5, 5.41) is 11.4. The van der Waals surface area contributed by atoms with Crippen molar-refractivity contribution < 1.29 is 9.50 Å². The van der Waals surface area contributed by atoms with Gasteiger partial charge in [0.1, 0.15) is 5.82 Å². The second kappa shape index (κ2) is 4.81. The molecule has 2 nitrogen and oxygen atoms in total. The second-order valence-corrected chi connectivity index (χ2v) is 6.63. The molecule has 4 unspecified atom stereocenters. The van der Waals surface area contributed by atoms with E-state index in [1.165, 1.54) is 12.5 Å². The number of rotatable bonds is 4. The maximum Gasteiger partial charge on any atom is 0.129 e. The lowest BCUT2D eigenvalue weighted by Gasteiger charge is -2.50. The van der Waals surface area contributed by atoms with E-state index in [2.05, 4.69) is 0 Å². The highest BCUT2D eigenvalue weighted by atomic mass is 19.1. The van der Waals surface area contributed by atoms with E-state index in [-0.39, 0.29) is 11.2 Å². The van der Waals surface area contributed by atoms with E-state index in [0.717, 1.165) is 19.3 Å². The smallest absolute Gasteiger partial charge is 0.129 e. The molecule has 0 aliphatic heterocycles. The van der Waals surface area contributed by atoms with Crippen LogP contribution in [0.3, 0.4) is 0 Å². The second-order valence-electron chi connectivity index (χ2n) is 6.63. The number of hydrogen-bond acceptors (Lipinski definition) is 2. The normalized spacial score (nSPS) is 35.2. The summed E-state index contributed by atoms with van der Waals surface area (Å²) in [6, 6.07) is 6.64. The zero-order chi connectivity index (χ0) is 14.4. The number of halogens is 1. The molecule has 3 N–H and O–H groups in total. The van der Waals surface area contributed by atoms with Crippen molar-refractivity contribution in [1.82, 2.24) is 0 Å². The molecular weight excluding hydrogens is 253 g/mol. The van der Waals surface area contributed by atoms with Crippen molar-refractivity contribution in [3.8, 4) is 0 Å². The van der Waals surface area contributed by atoms with Gasteiger partial charge in [-0.25, -0.2) is 4.39 Å². The average Bonchev–Trinajstić information content (AvgIpc) is 3.08. The van der Waals surface area contributed by atoms with Crippen LogP contribution in [0.1, 0.15) is 44.6 Å². The van der Waals surface area contributed by atoms with Crippen LogP contribution in [0, 0.1) is 23.1 Å². The SMILES string of the molecule is CCC(O)(c1ccccc1F)C1(CN)CC2CCC1C2. The predicted octanol–water partition coefficient (Wildman–Crippen LogP) is 3.19. The van der Waals surface area contributed by atoms with Crippen LogP contribution in [-0.4, -0.2) is 11.7 Å². The highest BCUT2D eigenvalue weighted by molar-refractivity contribution is 5.29. The Morgan fingerprint density at radius 2 is 2.15 bits per heavy atom. The topological polar surface area (TPSA) is 46.2 Å². The van der Waals surface area contributed by atoms with Crippen LogP contribution in [0.15, 0.2) is 24.3 Å². The van der Waals surface area contributed by atoms with Crippen molar-refractivity contribution in [1.29, 1.82) is 0 Å². The Kier molecular flexibility index (Phi) is 3.38. The fraction of sp³-hybridized carbons (Fsp3) is 0.647. The summed E-state index contributed by atoms with van der Waals surface area (Å²) in [6.07, 6.45) is 4.96. The van der Waals surface area contributed by atoms with Gasteiger partial charge in [0.2, 0.25) is 0 Å². The summed E-state index contributed by atoms with van der Waals surface area (Å²) in [6.45, 7) is 2.38. The first-order chi connectivity index (χ1) is 9.57. The maximum absolute atomic E-state index is 14.3. The summed E-state index contributed by atoms with van der Waals surface area (Å²) in [5.41, 5.74) is 5.05. The van der Waals surface area contributed by atoms with E-state index in [1.807, 2.05) is 6.92 Å². The zero-order valence-electron chi connectivity index (χ0n) is 12.1. The molecule has 3 heteroatoms. The van der Waals surface area contributed by atoms with Gasteiger partial charge in [0.05, 0.1) is 5.60 Å². The first kappa shape index (κ1) is 14.0. The van der Waals surface area contributed by atoms with Crippen LogP contribution >= 0.6 is 0 Å². The molecule has 0 heterocycles. The Balaban J connectivity index is 2.10. The van der Waals surface area contributed by atoms with E-state index < -0.39 is 5.60 Å². The number of fused-ring (bicyclic) bond motifs is 2. The minimum absolute atomic E-state index is 0.313. The van der Waals surface area contributed by atoms with Crippen molar-refractivity contribution in [2.24, 2.45) is 23.0 Å². The zero-order valence-corrected chi connectivity index (χ0v) is 12.1. The summed E-state index contributed by atoms with van der Waals surface area (Å²) >= 11 is 0. The van der Waals surface area contributed by atoms with Gasteiger partial charge in [0, 0.05) is 17.5 Å². The summed E-state index contributed by atoms with van der Waals surface area (Å²) in [7, 11) is 0. The lowest BCUT2D eigenvalue weighted by atomic mass is 9.59. The minimum Gasteiger partial charge on any atom is -0.384 e. The summed E-state index contributed by atoms with van der Waals surface area (Å²) < 4.78 is 14.3. The molecule has 0 aromatic heterocycles. The van der Waals surface area contributed by atoms with Gasteiger partial charge in [-0.05, 0) is 43.6 Å². The molecule has 2 aliphatic rings. The van der Waals surface area contributed by atoms with Gasteiger partial charge in [0.15, 0.2) is 0 Å². The van der Waals surface area contributed by atoms with Crippen molar-refractivity contribution in [3.63, 3.8) is 0 Å². The standard InChI is InChI=1S/C17H24FNO/c1-2-17(20,14-5-3-4-6-15(14)18)16(11-19)10-12-7-8-13(16)9-12/h3-6,12-13,20H,2,7-11,19H2,1H3. The van der Waals surface area contributed by atoms with E-state index in [0.29, 0.717) is 30.4 Å². The monoisotopic (exact) mass is 277 g/mol.